The third-order valence-corrected chi connectivity index (χ3v) is 4.61. The monoisotopic (exact) mass is 488 g/mol. The highest BCUT2D eigenvalue weighted by Gasteiger charge is 2.27. The maximum atomic E-state index is 12.6. The number of halogens is 1. The van der Waals surface area contributed by atoms with Crippen molar-refractivity contribution in [3.63, 3.8) is 0 Å². The fraction of sp³-hybridized carbons (Fsp3) is 0.611. The summed E-state index contributed by atoms with van der Waals surface area (Å²) in [6.45, 7) is 6.80. The Morgan fingerprint density at radius 1 is 1.41 bits per heavy atom. The van der Waals surface area contributed by atoms with Gasteiger partial charge in [-0.05, 0) is 19.8 Å². The predicted molar refractivity (Wildman–Crippen MR) is 117 cm³/mol. The van der Waals surface area contributed by atoms with Crippen LogP contribution in [0, 0.1) is 0 Å². The molecular formula is C18H29IN6O2. The van der Waals surface area contributed by atoms with E-state index in [2.05, 4.69) is 16.5 Å². The summed E-state index contributed by atoms with van der Waals surface area (Å²) in [5, 5.41) is 7.47. The van der Waals surface area contributed by atoms with E-state index in [1.54, 1.807) is 15.8 Å². The Hall–Kier alpha value is -1.62. The molecule has 1 aromatic rings. The molecule has 1 saturated heterocycles. The average molecular weight is 488 g/mol. The molecule has 27 heavy (non-hydrogen) atoms. The van der Waals surface area contributed by atoms with E-state index in [0.29, 0.717) is 19.7 Å². The Labute approximate surface area is 177 Å². The Bertz CT molecular complexity index is 687. The molecule has 0 aliphatic carbocycles. The number of hydrogen-bond acceptors (Lipinski definition) is 4. The smallest absolute Gasteiger partial charge is 0.246 e. The van der Waals surface area contributed by atoms with E-state index in [-0.39, 0.29) is 29.9 Å². The van der Waals surface area contributed by atoms with Gasteiger partial charge in [0.15, 0.2) is 5.96 Å². The summed E-state index contributed by atoms with van der Waals surface area (Å²) >= 11 is 0. The number of piperazine rings is 1. The molecule has 2 aliphatic heterocycles. The first-order valence-electron chi connectivity index (χ1n) is 9.25. The average Bonchev–Trinajstić information content (AvgIpc) is 3.08. The van der Waals surface area contributed by atoms with Gasteiger partial charge in [-0.15, -0.1) is 24.0 Å². The summed E-state index contributed by atoms with van der Waals surface area (Å²) in [5.41, 5.74) is 2.26. The van der Waals surface area contributed by atoms with Gasteiger partial charge in [0.25, 0.3) is 0 Å². The molecule has 0 unspecified atom stereocenters. The number of rotatable bonds is 5. The number of carbonyl (C=O) groups excluding carboxylic acids is 1. The van der Waals surface area contributed by atoms with Crippen molar-refractivity contribution in [3.8, 4) is 0 Å². The zero-order valence-corrected chi connectivity index (χ0v) is 18.4. The van der Waals surface area contributed by atoms with E-state index < -0.39 is 0 Å². The SMILES string of the molecule is CCNC(=NCCC1=CCOCC1)N1CCN(c2cnn(C)c2)C(=O)C1.I. The van der Waals surface area contributed by atoms with Gasteiger partial charge < -0.3 is 19.9 Å². The Kier molecular flexibility index (Phi) is 8.55. The maximum Gasteiger partial charge on any atom is 0.246 e. The molecule has 0 aromatic carbocycles. The molecule has 1 aromatic heterocycles. The highest BCUT2D eigenvalue weighted by molar-refractivity contribution is 14.0. The molecule has 0 spiro atoms. The van der Waals surface area contributed by atoms with E-state index in [1.807, 2.05) is 25.1 Å². The van der Waals surface area contributed by atoms with Crippen molar-refractivity contribution in [3.05, 3.63) is 24.0 Å². The van der Waals surface area contributed by atoms with Gasteiger partial charge in [0.2, 0.25) is 5.91 Å². The first-order chi connectivity index (χ1) is 12.7. The predicted octanol–water partition coefficient (Wildman–Crippen LogP) is 1.39. The van der Waals surface area contributed by atoms with Crippen LogP contribution in [0.15, 0.2) is 29.0 Å². The third-order valence-electron chi connectivity index (χ3n) is 4.61. The van der Waals surface area contributed by atoms with Crippen molar-refractivity contribution in [1.29, 1.82) is 0 Å². The van der Waals surface area contributed by atoms with Crippen molar-refractivity contribution in [2.75, 3.05) is 50.8 Å². The third kappa shape index (κ3) is 5.93. The Morgan fingerprint density at radius 3 is 2.89 bits per heavy atom. The lowest BCUT2D eigenvalue weighted by molar-refractivity contribution is -0.120. The van der Waals surface area contributed by atoms with Crippen LogP contribution in [0.25, 0.3) is 0 Å². The molecule has 0 saturated carbocycles. The van der Waals surface area contributed by atoms with Gasteiger partial charge in [0, 0.05) is 39.4 Å². The van der Waals surface area contributed by atoms with Crippen molar-refractivity contribution < 1.29 is 9.53 Å². The zero-order valence-electron chi connectivity index (χ0n) is 16.1. The van der Waals surface area contributed by atoms with Gasteiger partial charge >= 0.3 is 0 Å². The van der Waals surface area contributed by atoms with Crippen molar-refractivity contribution >= 4 is 41.5 Å². The summed E-state index contributed by atoms with van der Waals surface area (Å²) in [7, 11) is 1.86. The van der Waals surface area contributed by atoms with E-state index in [9.17, 15) is 4.79 Å². The highest BCUT2D eigenvalue weighted by atomic mass is 127. The summed E-state index contributed by atoms with van der Waals surface area (Å²) < 4.78 is 7.05. The fourth-order valence-electron chi connectivity index (χ4n) is 3.20. The number of ether oxygens (including phenoxy) is 1. The topological polar surface area (TPSA) is 75.0 Å². The quantitative estimate of drug-likeness (QED) is 0.294. The first-order valence-corrected chi connectivity index (χ1v) is 9.25. The zero-order chi connectivity index (χ0) is 18.4. The van der Waals surface area contributed by atoms with Crippen LogP contribution in [0.5, 0.6) is 0 Å². The minimum atomic E-state index is 0. The van der Waals surface area contributed by atoms with Crippen LogP contribution < -0.4 is 10.2 Å². The second-order valence-electron chi connectivity index (χ2n) is 6.51. The molecule has 0 radical (unpaired) electrons. The van der Waals surface area contributed by atoms with Crippen LogP contribution >= 0.6 is 24.0 Å². The molecule has 1 amide bonds. The minimum absolute atomic E-state index is 0. The number of hydrogen-bond donors (Lipinski definition) is 1. The molecule has 1 N–H and O–H groups in total. The van der Waals surface area contributed by atoms with Gasteiger partial charge in [0.1, 0.15) is 6.54 Å². The first kappa shape index (κ1) is 21.7. The van der Waals surface area contributed by atoms with E-state index in [0.717, 1.165) is 50.7 Å². The Morgan fingerprint density at radius 2 is 2.26 bits per heavy atom. The largest absolute Gasteiger partial charge is 0.377 e. The number of carbonyl (C=O) groups is 1. The number of anilines is 1. The van der Waals surface area contributed by atoms with E-state index in [4.69, 9.17) is 9.73 Å². The highest BCUT2D eigenvalue weighted by Crippen LogP contribution is 2.16. The lowest BCUT2D eigenvalue weighted by Crippen LogP contribution is -2.55. The van der Waals surface area contributed by atoms with Crippen LogP contribution in [0.4, 0.5) is 5.69 Å². The van der Waals surface area contributed by atoms with Crippen molar-refractivity contribution in [2.45, 2.75) is 19.8 Å². The van der Waals surface area contributed by atoms with Crippen molar-refractivity contribution in [1.82, 2.24) is 20.0 Å². The van der Waals surface area contributed by atoms with Crippen LogP contribution in [-0.4, -0.2) is 72.5 Å². The summed E-state index contributed by atoms with van der Waals surface area (Å²) in [4.78, 5) is 21.1. The van der Waals surface area contributed by atoms with E-state index in [1.165, 1.54) is 5.57 Å². The van der Waals surface area contributed by atoms with Gasteiger partial charge in [0.05, 0.1) is 25.1 Å². The second kappa shape index (κ2) is 10.6. The van der Waals surface area contributed by atoms with Crippen LogP contribution in [-0.2, 0) is 16.6 Å². The van der Waals surface area contributed by atoms with Crippen molar-refractivity contribution in [2.24, 2.45) is 12.0 Å². The van der Waals surface area contributed by atoms with Crippen LogP contribution in [0.1, 0.15) is 19.8 Å². The minimum Gasteiger partial charge on any atom is -0.377 e. The molecule has 150 valence electrons. The number of amides is 1. The summed E-state index contributed by atoms with van der Waals surface area (Å²) in [6, 6.07) is 0. The molecule has 0 bridgehead atoms. The summed E-state index contributed by atoms with van der Waals surface area (Å²) in [6.07, 6.45) is 7.70. The van der Waals surface area contributed by atoms with Crippen LogP contribution in [0.3, 0.4) is 0 Å². The molecular weight excluding hydrogens is 459 g/mol. The number of aliphatic imine (C=N–C) groups is 1. The van der Waals surface area contributed by atoms with Gasteiger partial charge in [-0.3, -0.25) is 14.5 Å². The fourth-order valence-corrected chi connectivity index (χ4v) is 3.20. The molecule has 2 aliphatic rings. The maximum absolute atomic E-state index is 12.6. The normalized spacial score (nSPS) is 18.2. The Balaban J connectivity index is 0.00000261. The molecule has 9 heteroatoms. The van der Waals surface area contributed by atoms with E-state index >= 15 is 0 Å². The summed E-state index contributed by atoms with van der Waals surface area (Å²) in [5.74, 6) is 0.890. The number of guanidine groups is 1. The molecule has 0 atom stereocenters. The van der Waals surface area contributed by atoms with Gasteiger partial charge in [-0.1, -0.05) is 11.6 Å². The number of aromatic nitrogens is 2. The molecule has 3 rings (SSSR count). The second-order valence-corrected chi connectivity index (χ2v) is 6.51. The molecule has 3 heterocycles. The number of aryl methyl sites for hydroxylation is 1. The standard InChI is InChI=1S/C18H28N6O2.HI/c1-3-19-18(20-7-4-15-5-10-26-11-6-15)23-8-9-24(17(25)14-23)16-12-21-22(2)13-16;/h5,12-13H,3-4,6-11,14H2,1-2H3,(H,19,20);1H. The lowest BCUT2D eigenvalue weighted by Gasteiger charge is -2.35. The number of nitrogens with zero attached hydrogens (tertiary/aromatic N) is 5. The van der Waals surface area contributed by atoms with Gasteiger partial charge in [-0.2, -0.15) is 5.10 Å². The lowest BCUT2D eigenvalue weighted by atomic mass is 10.1. The van der Waals surface area contributed by atoms with Gasteiger partial charge in [-0.25, -0.2) is 0 Å². The number of nitrogens with one attached hydrogen (secondary N) is 1. The van der Waals surface area contributed by atoms with Crippen LogP contribution in [0.2, 0.25) is 0 Å². The molecule has 1 fully saturated rings. The molecule has 8 nitrogen and oxygen atoms in total.